The molecule has 1 unspecified atom stereocenters. The number of ether oxygens (including phenoxy) is 1. The van der Waals surface area contributed by atoms with Crippen LogP contribution in [0.25, 0.3) is 0 Å². The average Bonchev–Trinajstić information content (AvgIpc) is 2.25. The van der Waals surface area contributed by atoms with Gasteiger partial charge < -0.3 is 10.1 Å². The maximum Gasteiger partial charge on any atom is 0.124 e. The first-order chi connectivity index (χ1) is 7.58. The molecule has 0 amide bonds. The minimum absolute atomic E-state index is 0.251. The Bertz CT molecular complexity index is 376. The number of nitrogens with one attached hydrogen (secondary N) is 1. The van der Waals surface area contributed by atoms with E-state index in [4.69, 9.17) is 4.74 Å². The van der Waals surface area contributed by atoms with E-state index >= 15 is 0 Å². The molecule has 88 valence electrons. The number of halogens is 1. The molecule has 0 saturated heterocycles. The van der Waals surface area contributed by atoms with Crippen LogP contribution in [0.1, 0.15) is 24.9 Å². The fourth-order valence-electron chi connectivity index (χ4n) is 1.69. The second-order valence-electron chi connectivity index (χ2n) is 3.89. The molecule has 0 spiro atoms. The normalized spacial score (nSPS) is 12.2. The lowest BCUT2D eigenvalue weighted by molar-refractivity contribution is 0.401. The van der Waals surface area contributed by atoms with Crippen molar-refractivity contribution < 1.29 is 4.74 Å². The summed E-state index contributed by atoms with van der Waals surface area (Å²) in [4.78, 5) is 0. The Balaban J connectivity index is 3.03. The summed E-state index contributed by atoms with van der Waals surface area (Å²) < 4.78 is 6.42. The first-order valence-corrected chi connectivity index (χ1v) is 6.03. The quantitative estimate of drug-likeness (QED) is 0.833. The smallest absolute Gasteiger partial charge is 0.124 e. The van der Waals surface area contributed by atoms with Crippen LogP contribution >= 0.6 is 15.9 Å². The lowest BCUT2D eigenvalue weighted by Gasteiger charge is -2.19. The number of hydrogen-bond acceptors (Lipinski definition) is 2. The van der Waals surface area contributed by atoms with Gasteiger partial charge in [0.05, 0.1) is 7.11 Å². The number of benzene rings is 1. The van der Waals surface area contributed by atoms with Crippen LogP contribution < -0.4 is 10.1 Å². The van der Waals surface area contributed by atoms with Crippen LogP contribution in [-0.4, -0.2) is 14.2 Å². The zero-order valence-electron chi connectivity index (χ0n) is 10.0. The van der Waals surface area contributed by atoms with Crippen LogP contribution in [0.5, 0.6) is 5.75 Å². The van der Waals surface area contributed by atoms with Crippen molar-refractivity contribution >= 4 is 15.9 Å². The second kappa shape index (κ2) is 6.06. The summed E-state index contributed by atoms with van der Waals surface area (Å²) in [5.74, 6) is 0.898. The minimum atomic E-state index is 0.251. The lowest BCUT2D eigenvalue weighted by Crippen LogP contribution is -2.17. The van der Waals surface area contributed by atoms with Gasteiger partial charge in [-0.15, -0.1) is 6.58 Å². The Labute approximate surface area is 106 Å². The van der Waals surface area contributed by atoms with Crippen molar-refractivity contribution in [3.63, 3.8) is 0 Å². The van der Waals surface area contributed by atoms with Crippen LogP contribution in [-0.2, 0) is 0 Å². The van der Waals surface area contributed by atoms with Gasteiger partial charge in [0, 0.05) is 16.1 Å². The molecule has 0 radical (unpaired) electrons. The average molecular weight is 284 g/mol. The predicted molar refractivity (Wildman–Crippen MR) is 71.9 cm³/mol. The van der Waals surface area contributed by atoms with Crippen molar-refractivity contribution in [1.29, 1.82) is 0 Å². The highest BCUT2D eigenvalue weighted by Crippen LogP contribution is 2.31. The van der Waals surface area contributed by atoms with Crippen molar-refractivity contribution in [3.05, 3.63) is 40.4 Å². The first-order valence-electron chi connectivity index (χ1n) is 5.23. The van der Waals surface area contributed by atoms with Crippen molar-refractivity contribution in [3.8, 4) is 5.75 Å². The molecule has 1 rings (SSSR count). The molecule has 1 aromatic carbocycles. The second-order valence-corrected chi connectivity index (χ2v) is 4.80. The highest BCUT2D eigenvalue weighted by molar-refractivity contribution is 9.10. The van der Waals surface area contributed by atoms with Crippen molar-refractivity contribution in [1.82, 2.24) is 5.32 Å². The molecule has 0 heterocycles. The molecular formula is C13H18BrNO. The topological polar surface area (TPSA) is 21.3 Å². The summed E-state index contributed by atoms with van der Waals surface area (Å²) in [6.07, 6.45) is 0.911. The van der Waals surface area contributed by atoms with Gasteiger partial charge in [-0.2, -0.15) is 0 Å². The lowest BCUT2D eigenvalue weighted by atomic mass is 9.99. The molecule has 1 atom stereocenters. The standard InChI is InChI=1S/C13H18BrNO/c1-9(2)7-12(15-3)11-6-5-10(14)8-13(11)16-4/h5-6,8,12,15H,1,7H2,2-4H3. The largest absolute Gasteiger partial charge is 0.496 e. The van der Waals surface area contributed by atoms with Crippen LogP contribution in [0.3, 0.4) is 0 Å². The van der Waals surface area contributed by atoms with E-state index < -0.39 is 0 Å². The van der Waals surface area contributed by atoms with Gasteiger partial charge in [-0.05, 0) is 32.5 Å². The molecule has 1 aromatic rings. The highest BCUT2D eigenvalue weighted by Gasteiger charge is 2.14. The van der Waals surface area contributed by atoms with Crippen molar-refractivity contribution in [2.75, 3.05) is 14.2 Å². The van der Waals surface area contributed by atoms with Gasteiger partial charge in [0.1, 0.15) is 5.75 Å². The summed E-state index contributed by atoms with van der Waals surface area (Å²) in [5, 5.41) is 3.29. The summed E-state index contributed by atoms with van der Waals surface area (Å²) in [5.41, 5.74) is 2.32. The van der Waals surface area contributed by atoms with E-state index in [1.165, 1.54) is 0 Å². The maximum atomic E-state index is 5.39. The van der Waals surface area contributed by atoms with Crippen molar-refractivity contribution in [2.24, 2.45) is 0 Å². The molecule has 3 heteroatoms. The number of methoxy groups -OCH3 is 1. The molecule has 0 saturated carbocycles. The van der Waals surface area contributed by atoms with Crippen molar-refractivity contribution in [2.45, 2.75) is 19.4 Å². The summed E-state index contributed by atoms with van der Waals surface area (Å²) in [7, 11) is 3.65. The predicted octanol–water partition coefficient (Wildman–Crippen LogP) is 3.68. The van der Waals surface area contributed by atoms with E-state index in [9.17, 15) is 0 Å². The molecule has 0 fully saturated rings. The number of rotatable bonds is 5. The van der Waals surface area contributed by atoms with Gasteiger partial charge in [-0.3, -0.25) is 0 Å². The van der Waals surface area contributed by atoms with Gasteiger partial charge in [-0.25, -0.2) is 0 Å². The molecular weight excluding hydrogens is 266 g/mol. The third kappa shape index (κ3) is 3.35. The Kier molecular flexibility index (Phi) is 5.03. The van der Waals surface area contributed by atoms with Gasteiger partial charge in [0.2, 0.25) is 0 Å². The summed E-state index contributed by atoms with van der Waals surface area (Å²) in [6.45, 7) is 5.99. The third-order valence-corrected chi connectivity index (χ3v) is 2.97. The van der Waals surface area contributed by atoms with E-state index in [-0.39, 0.29) is 6.04 Å². The Morgan fingerprint density at radius 1 is 1.56 bits per heavy atom. The van der Waals surface area contributed by atoms with E-state index in [2.05, 4.69) is 33.9 Å². The molecule has 16 heavy (non-hydrogen) atoms. The third-order valence-electron chi connectivity index (χ3n) is 2.47. The van der Waals surface area contributed by atoms with E-state index in [0.29, 0.717) is 0 Å². The van der Waals surface area contributed by atoms with E-state index in [1.807, 2.05) is 26.1 Å². The monoisotopic (exact) mass is 283 g/mol. The molecule has 2 nitrogen and oxygen atoms in total. The van der Waals surface area contributed by atoms with Gasteiger partial charge in [0.25, 0.3) is 0 Å². The van der Waals surface area contributed by atoms with E-state index in [1.54, 1.807) is 7.11 Å². The van der Waals surface area contributed by atoms with Gasteiger partial charge in [0.15, 0.2) is 0 Å². The first kappa shape index (κ1) is 13.3. The Hall–Kier alpha value is -0.800. The van der Waals surface area contributed by atoms with Crippen LogP contribution in [0.15, 0.2) is 34.8 Å². The summed E-state index contributed by atoms with van der Waals surface area (Å²) in [6, 6.07) is 6.34. The molecule has 0 aliphatic carbocycles. The van der Waals surface area contributed by atoms with Gasteiger partial charge >= 0.3 is 0 Å². The fraction of sp³-hybridized carbons (Fsp3) is 0.385. The molecule has 0 aliphatic rings. The van der Waals surface area contributed by atoms with E-state index in [0.717, 1.165) is 27.8 Å². The Morgan fingerprint density at radius 3 is 2.75 bits per heavy atom. The van der Waals surface area contributed by atoms with Crippen LogP contribution in [0.2, 0.25) is 0 Å². The highest BCUT2D eigenvalue weighted by atomic mass is 79.9. The molecule has 0 bridgehead atoms. The number of hydrogen-bond donors (Lipinski definition) is 1. The zero-order valence-corrected chi connectivity index (χ0v) is 11.6. The van der Waals surface area contributed by atoms with Gasteiger partial charge in [-0.1, -0.05) is 27.6 Å². The zero-order chi connectivity index (χ0) is 12.1. The molecule has 0 aliphatic heterocycles. The van der Waals surface area contributed by atoms with Crippen LogP contribution in [0.4, 0.5) is 0 Å². The SMILES string of the molecule is C=C(C)CC(NC)c1ccc(Br)cc1OC. The summed E-state index contributed by atoms with van der Waals surface area (Å²) >= 11 is 3.44. The van der Waals surface area contributed by atoms with Crippen LogP contribution in [0, 0.1) is 0 Å². The maximum absolute atomic E-state index is 5.39. The Morgan fingerprint density at radius 2 is 2.25 bits per heavy atom. The minimum Gasteiger partial charge on any atom is -0.496 e. The fourth-order valence-corrected chi connectivity index (χ4v) is 2.03. The molecule has 1 N–H and O–H groups in total. The molecule has 0 aromatic heterocycles.